The molecule has 0 radical (unpaired) electrons. The van der Waals surface area contributed by atoms with Crippen LogP contribution < -0.4 is 0 Å². The molecule has 1 heterocycles. The predicted molar refractivity (Wildman–Crippen MR) is 78.8 cm³/mol. The van der Waals surface area contributed by atoms with Gasteiger partial charge in [0.1, 0.15) is 6.10 Å². The van der Waals surface area contributed by atoms with Gasteiger partial charge in [0, 0.05) is 13.5 Å². The van der Waals surface area contributed by atoms with Crippen LogP contribution in [-0.4, -0.2) is 46.4 Å². The first kappa shape index (κ1) is 16.7. The summed E-state index contributed by atoms with van der Waals surface area (Å²) >= 11 is 0. The van der Waals surface area contributed by atoms with Gasteiger partial charge in [-0.05, 0) is 25.0 Å². The van der Waals surface area contributed by atoms with Gasteiger partial charge in [-0.2, -0.15) is 0 Å². The second-order valence-corrected chi connectivity index (χ2v) is 5.28. The van der Waals surface area contributed by atoms with E-state index in [0.29, 0.717) is 17.5 Å². The summed E-state index contributed by atoms with van der Waals surface area (Å²) in [6.45, 7) is 1.36. The number of hydrogen-bond acceptors (Lipinski definition) is 5. The Morgan fingerprint density at radius 3 is 2.22 bits per heavy atom. The lowest BCUT2D eigenvalue weighted by atomic mass is 10.1. The van der Waals surface area contributed by atoms with E-state index in [0.717, 1.165) is 4.90 Å². The number of esters is 1. The second kappa shape index (κ2) is 7.04. The van der Waals surface area contributed by atoms with Gasteiger partial charge in [-0.3, -0.25) is 24.1 Å². The van der Waals surface area contributed by atoms with Crippen LogP contribution in [0.4, 0.5) is 0 Å². The van der Waals surface area contributed by atoms with Crippen LogP contribution in [0.15, 0.2) is 24.3 Å². The maximum atomic E-state index is 12.2. The van der Waals surface area contributed by atoms with Crippen molar-refractivity contribution < 1.29 is 29.0 Å². The number of amides is 2. The summed E-state index contributed by atoms with van der Waals surface area (Å²) in [6, 6.07) is 6.58. The van der Waals surface area contributed by atoms with Gasteiger partial charge < -0.3 is 9.84 Å². The van der Waals surface area contributed by atoms with E-state index in [1.807, 2.05) is 0 Å². The molecule has 2 rings (SSSR count). The van der Waals surface area contributed by atoms with Crippen LogP contribution in [0, 0.1) is 0 Å². The Hall–Kier alpha value is -2.70. The van der Waals surface area contributed by atoms with Crippen molar-refractivity contribution in [2.45, 2.75) is 32.3 Å². The van der Waals surface area contributed by atoms with Crippen molar-refractivity contribution in [2.75, 3.05) is 6.54 Å². The average molecular weight is 319 g/mol. The lowest BCUT2D eigenvalue weighted by Crippen LogP contribution is -2.31. The minimum Gasteiger partial charge on any atom is -0.481 e. The van der Waals surface area contributed by atoms with Crippen LogP contribution in [0.1, 0.15) is 46.9 Å². The Kier molecular flexibility index (Phi) is 5.10. The van der Waals surface area contributed by atoms with E-state index in [9.17, 15) is 19.2 Å². The first-order valence-corrected chi connectivity index (χ1v) is 7.24. The Morgan fingerprint density at radius 2 is 1.74 bits per heavy atom. The topological polar surface area (TPSA) is 101 Å². The van der Waals surface area contributed by atoms with Crippen molar-refractivity contribution in [1.29, 1.82) is 0 Å². The van der Waals surface area contributed by atoms with Crippen molar-refractivity contribution in [3.05, 3.63) is 35.4 Å². The number of aliphatic carboxylic acids is 1. The van der Waals surface area contributed by atoms with Crippen LogP contribution >= 0.6 is 0 Å². The SMILES string of the molecule is CC(=O)OC(CCCN1C(=O)c2ccccc2C1=O)CC(=O)O. The monoisotopic (exact) mass is 319 g/mol. The van der Waals surface area contributed by atoms with Gasteiger partial charge in [0.25, 0.3) is 11.8 Å². The van der Waals surface area contributed by atoms with E-state index >= 15 is 0 Å². The number of carboxylic acid groups (broad SMARTS) is 1. The number of benzene rings is 1. The zero-order chi connectivity index (χ0) is 17.0. The largest absolute Gasteiger partial charge is 0.481 e. The standard InChI is InChI=1S/C16H17NO6/c1-10(18)23-11(9-14(19)20)5-4-8-17-15(21)12-6-2-3-7-13(12)16(17)22/h2-3,6-7,11H,4-5,8-9H2,1H3,(H,19,20). The predicted octanol–water partition coefficient (Wildman–Crippen LogP) is 1.47. The highest BCUT2D eigenvalue weighted by Crippen LogP contribution is 2.23. The summed E-state index contributed by atoms with van der Waals surface area (Å²) in [7, 11) is 0. The fraction of sp³-hybridized carbons (Fsp3) is 0.375. The summed E-state index contributed by atoms with van der Waals surface area (Å²) in [4.78, 5) is 47.2. The van der Waals surface area contributed by atoms with Gasteiger partial charge in [0.2, 0.25) is 0 Å². The highest BCUT2D eigenvalue weighted by atomic mass is 16.5. The normalized spacial score (nSPS) is 14.6. The van der Waals surface area contributed by atoms with Crippen molar-refractivity contribution in [1.82, 2.24) is 4.90 Å². The molecule has 7 heteroatoms. The third kappa shape index (κ3) is 3.94. The molecular weight excluding hydrogens is 302 g/mol. The lowest BCUT2D eigenvalue weighted by Gasteiger charge is -2.17. The zero-order valence-corrected chi connectivity index (χ0v) is 12.7. The molecule has 1 aliphatic heterocycles. The molecule has 0 bridgehead atoms. The molecule has 0 saturated carbocycles. The number of carboxylic acids is 1. The van der Waals surface area contributed by atoms with E-state index in [-0.39, 0.29) is 31.2 Å². The summed E-state index contributed by atoms with van der Waals surface area (Å²) < 4.78 is 4.93. The molecule has 0 aliphatic carbocycles. The maximum absolute atomic E-state index is 12.2. The van der Waals surface area contributed by atoms with E-state index in [1.54, 1.807) is 24.3 Å². The van der Waals surface area contributed by atoms with E-state index < -0.39 is 18.0 Å². The van der Waals surface area contributed by atoms with Gasteiger partial charge in [0.15, 0.2) is 0 Å². The van der Waals surface area contributed by atoms with Crippen LogP contribution in [-0.2, 0) is 14.3 Å². The minimum atomic E-state index is -1.07. The molecule has 1 unspecified atom stereocenters. The number of rotatable bonds is 7. The van der Waals surface area contributed by atoms with Crippen molar-refractivity contribution >= 4 is 23.8 Å². The van der Waals surface area contributed by atoms with E-state index in [2.05, 4.69) is 0 Å². The Bertz CT molecular complexity index is 603. The number of ether oxygens (including phenoxy) is 1. The second-order valence-electron chi connectivity index (χ2n) is 5.28. The first-order valence-electron chi connectivity index (χ1n) is 7.24. The van der Waals surface area contributed by atoms with Crippen LogP contribution in [0.3, 0.4) is 0 Å². The minimum absolute atomic E-state index is 0.156. The number of carbonyl (C=O) groups excluding carboxylic acids is 3. The van der Waals surface area contributed by atoms with E-state index in [1.165, 1.54) is 6.92 Å². The molecule has 7 nitrogen and oxygen atoms in total. The highest BCUT2D eigenvalue weighted by molar-refractivity contribution is 6.21. The van der Waals surface area contributed by atoms with Crippen LogP contribution in [0.25, 0.3) is 0 Å². The molecule has 1 aliphatic rings. The average Bonchev–Trinajstić information content (AvgIpc) is 2.71. The Morgan fingerprint density at radius 1 is 1.17 bits per heavy atom. The smallest absolute Gasteiger partial charge is 0.307 e. The van der Waals surface area contributed by atoms with Gasteiger partial charge in [0.05, 0.1) is 17.5 Å². The van der Waals surface area contributed by atoms with Crippen LogP contribution in [0.5, 0.6) is 0 Å². The molecule has 2 amide bonds. The van der Waals surface area contributed by atoms with E-state index in [4.69, 9.17) is 9.84 Å². The molecular formula is C16H17NO6. The number of fused-ring (bicyclic) bond motifs is 1. The van der Waals surface area contributed by atoms with Crippen molar-refractivity contribution in [3.63, 3.8) is 0 Å². The molecule has 0 fully saturated rings. The van der Waals surface area contributed by atoms with Crippen LogP contribution in [0.2, 0.25) is 0 Å². The molecule has 0 spiro atoms. The Balaban J connectivity index is 1.93. The van der Waals surface area contributed by atoms with Gasteiger partial charge >= 0.3 is 11.9 Å². The number of imide groups is 1. The quantitative estimate of drug-likeness (QED) is 0.603. The number of carbonyl (C=O) groups is 4. The lowest BCUT2D eigenvalue weighted by molar-refractivity contribution is -0.151. The fourth-order valence-electron chi connectivity index (χ4n) is 2.55. The summed E-state index contributed by atoms with van der Waals surface area (Å²) in [5.41, 5.74) is 0.749. The highest BCUT2D eigenvalue weighted by Gasteiger charge is 2.34. The fourth-order valence-corrected chi connectivity index (χ4v) is 2.55. The molecule has 1 aromatic rings. The molecule has 1 aromatic carbocycles. The molecule has 23 heavy (non-hydrogen) atoms. The van der Waals surface area contributed by atoms with Crippen molar-refractivity contribution in [2.24, 2.45) is 0 Å². The molecule has 0 aromatic heterocycles. The molecule has 1 atom stereocenters. The van der Waals surface area contributed by atoms with Gasteiger partial charge in [-0.15, -0.1) is 0 Å². The third-order valence-corrected chi connectivity index (χ3v) is 3.52. The van der Waals surface area contributed by atoms with Gasteiger partial charge in [-0.1, -0.05) is 12.1 Å². The zero-order valence-electron chi connectivity index (χ0n) is 12.7. The Labute approximate surface area is 132 Å². The third-order valence-electron chi connectivity index (χ3n) is 3.52. The van der Waals surface area contributed by atoms with Crippen molar-refractivity contribution in [3.8, 4) is 0 Å². The summed E-state index contributed by atoms with van der Waals surface area (Å²) in [5.74, 6) is -2.34. The molecule has 0 saturated heterocycles. The molecule has 1 N–H and O–H groups in total. The number of nitrogens with zero attached hydrogens (tertiary/aromatic N) is 1. The van der Waals surface area contributed by atoms with Gasteiger partial charge in [-0.25, -0.2) is 0 Å². The molecule has 122 valence electrons. The summed E-state index contributed by atoms with van der Waals surface area (Å²) in [6.07, 6.45) is -0.447. The summed E-state index contributed by atoms with van der Waals surface area (Å²) in [5, 5.41) is 8.80. The number of hydrogen-bond donors (Lipinski definition) is 1. The first-order chi connectivity index (χ1) is 10.9. The maximum Gasteiger partial charge on any atom is 0.307 e.